The van der Waals surface area contributed by atoms with Crippen LogP contribution in [0.15, 0.2) is 53.6 Å². The highest BCUT2D eigenvalue weighted by Gasteiger charge is 2.33. The first-order valence-electron chi connectivity index (χ1n) is 8.02. The molecule has 0 spiro atoms. The molecule has 28 heavy (non-hydrogen) atoms. The summed E-state index contributed by atoms with van der Waals surface area (Å²) < 4.78 is 13.2. The molecule has 2 aromatic rings. The summed E-state index contributed by atoms with van der Waals surface area (Å²) in [4.78, 5) is 37.1. The van der Waals surface area contributed by atoms with Gasteiger partial charge in [0.1, 0.15) is 5.82 Å². The highest BCUT2D eigenvalue weighted by Crippen LogP contribution is 2.33. The van der Waals surface area contributed by atoms with Crippen molar-refractivity contribution in [3.8, 4) is 0 Å². The topological polar surface area (TPSA) is 128 Å². The third-order valence-electron chi connectivity index (χ3n) is 4.13. The maximum Gasteiger partial charge on any atom is 0.295 e. The van der Waals surface area contributed by atoms with Crippen LogP contribution < -0.4 is 0 Å². The van der Waals surface area contributed by atoms with Crippen molar-refractivity contribution in [2.75, 3.05) is 6.61 Å². The van der Waals surface area contributed by atoms with Crippen LogP contribution in [-0.4, -0.2) is 33.2 Å². The number of rotatable bonds is 6. The number of non-ortho nitro benzene ring substituents is 1. The van der Waals surface area contributed by atoms with Gasteiger partial charge in [-0.05, 0) is 23.3 Å². The summed E-state index contributed by atoms with van der Waals surface area (Å²) >= 11 is 0. The third kappa shape index (κ3) is 4.09. The number of hydrazone groups is 1. The van der Waals surface area contributed by atoms with Gasteiger partial charge in [-0.3, -0.25) is 14.9 Å². The molecule has 1 atom stereocenters. The normalized spacial score (nSPS) is 15.8. The maximum atomic E-state index is 13.2. The van der Waals surface area contributed by atoms with Crippen molar-refractivity contribution in [2.45, 2.75) is 12.5 Å². The first kappa shape index (κ1) is 18.9. The Labute approximate surface area is 157 Å². The van der Waals surface area contributed by atoms with Gasteiger partial charge in [-0.1, -0.05) is 24.3 Å². The number of carbonyl (C=O) groups is 1. The number of halogens is 1. The van der Waals surface area contributed by atoms with Gasteiger partial charge in [0.25, 0.3) is 16.7 Å². The lowest BCUT2D eigenvalue weighted by Crippen LogP contribution is -2.31. The second-order valence-corrected chi connectivity index (χ2v) is 5.86. The average molecular weight is 388 g/mol. The summed E-state index contributed by atoms with van der Waals surface area (Å²) in [6.07, 6.45) is 0.244. The fourth-order valence-corrected chi connectivity index (χ4v) is 2.81. The van der Waals surface area contributed by atoms with Crippen molar-refractivity contribution in [2.24, 2.45) is 5.10 Å². The predicted octanol–water partition coefficient (Wildman–Crippen LogP) is 2.62. The number of hydrogen-bond acceptors (Lipinski definition) is 7. The third-order valence-corrected chi connectivity index (χ3v) is 4.13. The Morgan fingerprint density at radius 2 is 1.79 bits per heavy atom. The minimum Gasteiger partial charge on any atom is -0.304 e. The van der Waals surface area contributed by atoms with Crippen molar-refractivity contribution in [1.82, 2.24) is 5.01 Å². The molecular formula is C17H13FN4O6. The standard InChI is InChI=1S/C17H13FN4O6/c18-13-5-1-11(2-6-13)15-9-16(12-3-7-14(8-4-12)21(24)25)20(19-15)17(23)10-28-22(26)27/h1-8,16H,9-10H2. The van der Waals surface area contributed by atoms with E-state index in [2.05, 4.69) is 9.94 Å². The van der Waals surface area contributed by atoms with E-state index >= 15 is 0 Å². The highest BCUT2D eigenvalue weighted by molar-refractivity contribution is 6.03. The molecule has 0 bridgehead atoms. The molecule has 1 aliphatic rings. The summed E-state index contributed by atoms with van der Waals surface area (Å²) in [5, 5.41) is 25.4. The Morgan fingerprint density at radius 1 is 1.14 bits per heavy atom. The van der Waals surface area contributed by atoms with E-state index in [4.69, 9.17) is 0 Å². The quantitative estimate of drug-likeness (QED) is 0.553. The van der Waals surface area contributed by atoms with E-state index in [1.165, 1.54) is 48.5 Å². The van der Waals surface area contributed by atoms with Crippen LogP contribution in [0.2, 0.25) is 0 Å². The molecule has 0 aliphatic carbocycles. The molecule has 1 heterocycles. The number of nitrogens with zero attached hydrogens (tertiary/aromatic N) is 4. The van der Waals surface area contributed by atoms with Crippen LogP contribution in [0.1, 0.15) is 23.6 Å². The Balaban J connectivity index is 1.90. The van der Waals surface area contributed by atoms with Crippen molar-refractivity contribution in [3.05, 3.63) is 85.7 Å². The second-order valence-electron chi connectivity index (χ2n) is 5.86. The van der Waals surface area contributed by atoms with Crippen LogP contribution in [0.25, 0.3) is 0 Å². The molecule has 1 unspecified atom stereocenters. The van der Waals surface area contributed by atoms with E-state index in [-0.39, 0.29) is 12.1 Å². The summed E-state index contributed by atoms with van der Waals surface area (Å²) in [6.45, 7) is -0.823. The highest BCUT2D eigenvalue weighted by atomic mass is 19.1. The Hall–Kier alpha value is -3.89. The molecule has 0 fully saturated rings. The van der Waals surface area contributed by atoms with Gasteiger partial charge in [0.15, 0.2) is 6.61 Å². The molecule has 0 aromatic heterocycles. The molecule has 2 aromatic carbocycles. The molecule has 3 rings (SSSR count). The van der Waals surface area contributed by atoms with Crippen LogP contribution in [0.4, 0.5) is 10.1 Å². The molecule has 0 N–H and O–H groups in total. The molecule has 0 saturated carbocycles. The number of amides is 1. The zero-order valence-corrected chi connectivity index (χ0v) is 14.2. The Kier molecular flexibility index (Phi) is 5.25. The molecular weight excluding hydrogens is 375 g/mol. The van der Waals surface area contributed by atoms with E-state index in [9.17, 15) is 29.4 Å². The fraction of sp³-hybridized carbons (Fsp3) is 0.176. The zero-order valence-electron chi connectivity index (χ0n) is 14.2. The summed E-state index contributed by atoms with van der Waals surface area (Å²) in [6, 6.07) is 10.4. The molecule has 0 saturated heterocycles. The average Bonchev–Trinajstić information content (AvgIpc) is 3.12. The number of hydrogen-bond donors (Lipinski definition) is 0. The van der Waals surface area contributed by atoms with Crippen molar-refractivity contribution >= 4 is 17.3 Å². The molecule has 1 amide bonds. The Morgan fingerprint density at radius 3 is 2.36 bits per heavy atom. The van der Waals surface area contributed by atoms with E-state index in [1.54, 1.807) is 0 Å². The predicted molar refractivity (Wildman–Crippen MR) is 93.2 cm³/mol. The van der Waals surface area contributed by atoms with Gasteiger partial charge in [0.05, 0.1) is 16.7 Å². The minimum atomic E-state index is -1.08. The van der Waals surface area contributed by atoms with Gasteiger partial charge in [-0.25, -0.2) is 9.40 Å². The van der Waals surface area contributed by atoms with Crippen LogP contribution in [-0.2, 0) is 9.63 Å². The molecule has 144 valence electrons. The molecule has 0 radical (unpaired) electrons. The van der Waals surface area contributed by atoms with Crippen molar-refractivity contribution in [3.63, 3.8) is 0 Å². The summed E-state index contributed by atoms with van der Waals surface area (Å²) in [5.41, 5.74) is 1.49. The monoisotopic (exact) mass is 388 g/mol. The largest absolute Gasteiger partial charge is 0.304 e. The number of nitro groups is 1. The van der Waals surface area contributed by atoms with Gasteiger partial charge in [-0.2, -0.15) is 5.10 Å². The number of nitro benzene ring substituents is 1. The first-order valence-corrected chi connectivity index (χ1v) is 8.02. The number of benzene rings is 2. The molecule has 10 nitrogen and oxygen atoms in total. The van der Waals surface area contributed by atoms with Gasteiger partial charge in [0.2, 0.25) is 0 Å². The van der Waals surface area contributed by atoms with Gasteiger partial charge >= 0.3 is 0 Å². The van der Waals surface area contributed by atoms with Crippen LogP contribution in [0.3, 0.4) is 0 Å². The van der Waals surface area contributed by atoms with Gasteiger partial charge in [0, 0.05) is 18.6 Å². The Bertz CT molecular complexity index is 945. The summed E-state index contributed by atoms with van der Waals surface area (Å²) in [5.74, 6) is -1.18. The van der Waals surface area contributed by atoms with Crippen molar-refractivity contribution < 1.29 is 24.0 Å². The lowest BCUT2D eigenvalue weighted by molar-refractivity contribution is -0.754. The van der Waals surface area contributed by atoms with Gasteiger partial charge < -0.3 is 4.84 Å². The second kappa shape index (κ2) is 7.78. The lowest BCUT2D eigenvalue weighted by atomic mass is 9.98. The molecule has 1 aliphatic heterocycles. The fourth-order valence-electron chi connectivity index (χ4n) is 2.81. The summed E-state index contributed by atoms with van der Waals surface area (Å²) in [7, 11) is 0. The van der Waals surface area contributed by atoms with E-state index < -0.39 is 34.4 Å². The molecule has 11 heteroatoms. The SMILES string of the molecule is O=C(CO[N+](=O)[O-])N1N=C(c2ccc(F)cc2)CC1c1ccc([N+](=O)[O-])cc1. The minimum absolute atomic E-state index is 0.115. The lowest BCUT2D eigenvalue weighted by Gasteiger charge is -2.21. The van der Waals surface area contributed by atoms with E-state index in [0.717, 1.165) is 5.01 Å². The smallest absolute Gasteiger partial charge is 0.295 e. The van der Waals surface area contributed by atoms with E-state index in [1.807, 2.05) is 0 Å². The van der Waals surface area contributed by atoms with Crippen LogP contribution >= 0.6 is 0 Å². The number of carbonyl (C=O) groups excluding carboxylic acids is 1. The van der Waals surface area contributed by atoms with Gasteiger partial charge in [-0.15, -0.1) is 10.1 Å². The van der Waals surface area contributed by atoms with Crippen molar-refractivity contribution in [1.29, 1.82) is 0 Å². The van der Waals surface area contributed by atoms with Crippen LogP contribution in [0.5, 0.6) is 0 Å². The zero-order chi connectivity index (χ0) is 20.3. The maximum absolute atomic E-state index is 13.2. The van der Waals surface area contributed by atoms with E-state index in [0.29, 0.717) is 16.8 Å². The van der Waals surface area contributed by atoms with Crippen LogP contribution in [0, 0.1) is 26.0 Å². The first-order chi connectivity index (χ1) is 13.3.